The largest absolute Gasteiger partial charge is 0.279 e. The summed E-state index contributed by atoms with van der Waals surface area (Å²) in [5.41, 5.74) is 3.60. The lowest BCUT2D eigenvalue weighted by Gasteiger charge is -2.54. The second kappa shape index (κ2) is 6.07. The molecule has 0 N–H and O–H groups in total. The van der Waals surface area contributed by atoms with Gasteiger partial charge in [0.15, 0.2) is 0 Å². The molecule has 0 radical (unpaired) electrons. The van der Waals surface area contributed by atoms with E-state index in [2.05, 4.69) is 26.0 Å². The molecule has 0 bridgehead atoms. The van der Waals surface area contributed by atoms with Gasteiger partial charge in [-0.2, -0.15) is 0 Å². The molecular weight excluding hydrogens is 322 g/mol. The first-order valence-electron chi connectivity index (χ1n) is 10.5. The maximum Gasteiger partial charge on any atom is 0.226 e. The van der Waals surface area contributed by atoms with Gasteiger partial charge < -0.3 is 0 Å². The summed E-state index contributed by atoms with van der Waals surface area (Å²) in [5, 5.41) is 0. The second-order valence-electron chi connectivity index (χ2n) is 9.56. The van der Waals surface area contributed by atoms with Crippen molar-refractivity contribution in [2.24, 2.45) is 22.7 Å². The second-order valence-corrected chi connectivity index (χ2v) is 9.56. The fraction of sp³-hybridized carbons (Fsp3) is 0.739. The first kappa shape index (κ1) is 18.0. The van der Waals surface area contributed by atoms with Crippen LogP contribution in [0.4, 0.5) is 0 Å². The third-order valence-electron chi connectivity index (χ3n) is 8.39. The molecule has 0 aromatic carbocycles. The van der Waals surface area contributed by atoms with Crippen molar-refractivity contribution in [1.82, 2.24) is 4.90 Å². The van der Waals surface area contributed by atoms with Crippen LogP contribution in [0.15, 0.2) is 23.3 Å². The number of carbonyl (C=O) groups is 2. The Morgan fingerprint density at radius 1 is 1.04 bits per heavy atom. The minimum atomic E-state index is -0.0945. The number of amides is 2. The van der Waals surface area contributed by atoms with Crippen LogP contribution in [0.2, 0.25) is 0 Å². The van der Waals surface area contributed by atoms with Crippen LogP contribution in [0.25, 0.3) is 0 Å². The van der Waals surface area contributed by atoms with E-state index < -0.39 is 0 Å². The first-order valence-corrected chi connectivity index (χ1v) is 10.5. The molecule has 0 saturated heterocycles. The van der Waals surface area contributed by atoms with Crippen molar-refractivity contribution in [3.8, 4) is 0 Å². The van der Waals surface area contributed by atoms with Gasteiger partial charge >= 0.3 is 0 Å². The van der Waals surface area contributed by atoms with Crippen molar-refractivity contribution in [3.63, 3.8) is 0 Å². The van der Waals surface area contributed by atoms with Gasteiger partial charge in [0.25, 0.3) is 0 Å². The van der Waals surface area contributed by atoms with Crippen molar-refractivity contribution in [1.29, 1.82) is 0 Å². The van der Waals surface area contributed by atoms with Crippen LogP contribution in [0.3, 0.4) is 0 Å². The number of nitrogens with zero attached hydrogens (tertiary/aromatic N) is 1. The van der Waals surface area contributed by atoms with Crippen LogP contribution in [-0.4, -0.2) is 22.8 Å². The Kier molecular flexibility index (Phi) is 4.20. The quantitative estimate of drug-likeness (QED) is 0.619. The van der Waals surface area contributed by atoms with E-state index in [1.54, 1.807) is 29.9 Å². The van der Waals surface area contributed by atoms with Crippen molar-refractivity contribution < 1.29 is 9.59 Å². The van der Waals surface area contributed by atoms with Crippen LogP contribution in [0, 0.1) is 22.7 Å². The number of imide groups is 1. The highest BCUT2D eigenvalue weighted by atomic mass is 16.2. The van der Waals surface area contributed by atoms with Gasteiger partial charge in [0, 0.05) is 25.3 Å². The van der Waals surface area contributed by atoms with Gasteiger partial charge in [0.05, 0.1) is 0 Å². The molecule has 0 aromatic heterocycles. The van der Waals surface area contributed by atoms with Gasteiger partial charge in [-0.05, 0) is 68.6 Å². The molecule has 2 fully saturated rings. The van der Waals surface area contributed by atoms with Gasteiger partial charge in [-0.1, -0.05) is 37.1 Å². The number of rotatable bonds is 1. The number of fused-ring (bicyclic) bond motifs is 4. The summed E-state index contributed by atoms with van der Waals surface area (Å²) in [6.07, 6.45) is 14.4. The molecule has 1 unspecified atom stereocenters. The van der Waals surface area contributed by atoms with Crippen LogP contribution >= 0.6 is 0 Å². The molecule has 0 aromatic rings. The van der Waals surface area contributed by atoms with Crippen molar-refractivity contribution in [3.05, 3.63) is 23.3 Å². The Hall–Kier alpha value is -1.38. The highest BCUT2D eigenvalue weighted by molar-refractivity contribution is 5.93. The molecule has 26 heavy (non-hydrogen) atoms. The zero-order chi connectivity index (χ0) is 18.7. The summed E-state index contributed by atoms with van der Waals surface area (Å²) in [4.78, 5) is 25.9. The molecule has 3 heteroatoms. The van der Waals surface area contributed by atoms with Gasteiger partial charge in [0.2, 0.25) is 11.8 Å². The molecular formula is C23H33NO2. The number of allylic oxidation sites excluding steroid dienone is 3. The van der Waals surface area contributed by atoms with Gasteiger partial charge in [-0.15, -0.1) is 0 Å². The topological polar surface area (TPSA) is 37.4 Å². The molecule has 5 atom stereocenters. The van der Waals surface area contributed by atoms with E-state index in [0.29, 0.717) is 11.3 Å². The third kappa shape index (κ3) is 2.38. The molecule has 4 aliphatic carbocycles. The predicted molar refractivity (Wildman–Crippen MR) is 103 cm³/mol. The molecule has 2 saturated carbocycles. The Bertz CT molecular complexity index is 691. The standard InChI is InChI=1S/C23H33NO2/c1-15(25)24(16(2)26)21-11-10-19-18-9-8-17-7-5-6-13-22(17,3)20(18)12-14-23(19,21)4/h6,13,17,20-21H,5,7-12,14H2,1-4H3/t17?,20-,21-,22-,23-/m0/s1. The van der Waals surface area contributed by atoms with E-state index in [-0.39, 0.29) is 23.3 Å². The van der Waals surface area contributed by atoms with Gasteiger partial charge in [-0.3, -0.25) is 14.5 Å². The molecule has 2 amide bonds. The maximum atomic E-state index is 12.2. The number of hydrogen-bond acceptors (Lipinski definition) is 2. The lowest BCUT2D eigenvalue weighted by Crippen LogP contribution is -2.51. The third-order valence-corrected chi connectivity index (χ3v) is 8.39. The maximum absolute atomic E-state index is 12.2. The van der Waals surface area contributed by atoms with Crippen LogP contribution in [0.5, 0.6) is 0 Å². The van der Waals surface area contributed by atoms with Crippen molar-refractivity contribution in [2.45, 2.75) is 85.1 Å². The fourth-order valence-electron chi connectivity index (χ4n) is 7.11. The molecule has 3 nitrogen and oxygen atoms in total. The van der Waals surface area contributed by atoms with Crippen LogP contribution in [-0.2, 0) is 9.59 Å². The van der Waals surface area contributed by atoms with E-state index in [1.807, 2.05) is 0 Å². The Labute approximate surface area is 157 Å². The number of hydrogen-bond donors (Lipinski definition) is 0. The zero-order valence-electron chi connectivity index (χ0n) is 16.8. The SMILES string of the molecule is CC(=O)N(C(C)=O)[C@H]1CCC2=C3CCC4CCC=C[C@]4(C)[C@H]3CC[C@@]21C. The monoisotopic (exact) mass is 355 g/mol. The van der Waals surface area contributed by atoms with E-state index in [9.17, 15) is 9.59 Å². The zero-order valence-corrected chi connectivity index (χ0v) is 16.8. The summed E-state index contributed by atoms with van der Waals surface area (Å²) in [6, 6.07) is 0.0494. The predicted octanol–water partition coefficient (Wildman–Crippen LogP) is 5.02. The summed E-state index contributed by atoms with van der Waals surface area (Å²) >= 11 is 0. The summed E-state index contributed by atoms with van der Waals surface area (Å²) < 4.78 is 0. The fourth-order valence-corrected chi connectivity index (χ4v) is 7.11. The van der Waals surface area contributed by atoms with E-state index in [0.717, 1.165) is 25.2 Å². The normalized spacial score (nSPS) is 41.3. The Morgan fingerprint density at radius 2 is 1.77 bits per heavy atom. The summed E-state index contributed by atoms with van der Waals surface area (Å²) in [6.45, 7) is 7.90. The molecule has 0 aliphatic heterocycles. The van der Waals surface area contributed by atoms with Crippen molar-refractivity contribution >= 4 is 11.8 Å². The van der Waals surface area contributed by atoms with Gasteiger partial charge in [0.1, 0.15) is 0 Å². The van der Waals surface area contributed by atoms with Crippen LogP contribution in [0.1, 0.15) is 79.1 Å². The molecule has 0 spiro atoms. The number of carbonyl (C=O) groups excluding carboxylic acids is 2. The van der Waals surface area contributed by atoms with Crippen LogP contribution < -0.4 is 0 Å². The molecule has 4 aliphatic rings. The van der Waals surface area contributed by atoms with E-state index in [4.69, 9.17) is 0 Å². The highest BCUT2D eigenvalue weighted by Crippen LogP contribution is 2.63. The summed E-state index contributed by atoms with van der Waals surface area (Å²) in [7, 11) is 0. The Balaban J connectivity index is 1.74. The smallest absolute Gasteiger partial charge is 0.226 e. The van der Waals surface area contributed by atoms with E-state index in [1.165, 1.54) is 32.1 Å². The lowest BCUT2D eigenvalue weighted by molar-refractivity contribution is -0.147. The minimum absolute atomic E-state index is 0.00918. The molecule has 0 heterocycles. The Morgan fingerprint density at radius 3 is 2.46 bits per heavy atom. The molecule has 142 valence electrons. The first-order chi connectivity index (χ1) is 12.3. The summed E-state index contributed by atoms with van der Waals surface area (Å²) in [5.74, 6) is 1.31. The van der Waals surface area contributed by atoms with Crippen molar-refractivity contribution in [2.75, 3.05) is 0 Å². The average Bonchev–Trinajstić information content (AvgIpc) is 2.91. The van der Waals surface area contributed by atoms with Gasteiger partial charge in [-0.25, -0.2) is 0 Å². The highest BCUT2D eigenvalue weighted by Gasteiger charge is 2.55. The molecule has 4 rings (SSSR count). The minimum Gasteiger partial charge on any atom is -0.279 e. The average molecular weight is 356 g/mol. The lowest BCUT2D eigenvalue weighted by atomic mass is 9.51. The van der Waals surface area contributed by atoms with E-state index >= 15 is 0 Å².